The summed E-state index contributed by atoms with van der Waals surface area (Å²) in [6, 6.07) is 7.47. The van der Waals surface area contributed by atoms with Crippen molar-refractivity contribution in [2.45, 2.75) is 39.7 Å². The first-order chi connectivity index (χ1) is 7.22. The minimum Gasteiger partial charge on any atom is -0.310 e. The third-order valence-electron chi connectivity index (χ3n) is 3.36. The summed E-state index contributed by atoms with van der Waals surface area (Å²) in [4.78, 5) is 0. The largest absolute Gasteiger partial charge is 0.310 e. The summed E-state index contributed by atoms with van der Waals surface area (Å²) in [5, 5.41) is 3.66. The predicted octanol–water partition coefficient (Wildman–Crippen LogP) is 3.23. The second-order valence-electron chi connectivity index (χ2n) is 4.82. The molecule has 1 aliphatic carbocycles. The van der Waals surface area contributed by atoms with E-state index in [0.29, 0.717) is 6.04 Å². The Morgan fingerprint density at radius 3 is 2.93 bits per heavy atom. The van der Waals surface area contributed by atoms with Crippen molar-refractivity contribution >= 4 is 0 Å². The minimum absolute atomic E-state index is 0.583. The molecular weight excluding hydrogens is 182 g/mol. The van der Waals surface area contributed by atoms with Crippen molar-refractivity contribution in [1.29, 1.82) is 0 Å². The van der Waals surface area contributed by atoms with E-state index in [1.165, 1.54) is 24.0 Å². The molecule has 1 aromatic carbocycles. The van der Waals surface area contributed by atoms with Crippen molar-refractivity contribution in [2.75, 3.05) is 6.54 Å². The van der Waals surface area contributed by atoms with Crippen LogP contribution in [0, 0.1) is 12.8 Å². The van der Waals surface area contributed by atoms with Crippen molar-refractivity contribution in [3.05, 3.63) is 34.9 Å². The van der Waals surface area contributed by atoms with Gasteiger partial charge in [-0.1, -0.05) is 37.6 Å². The Kier molecular flexibility index (Phi) is 3.11. The Morgan fingerprint density at radius 1 is 1.40 bits per heavy atom. The molecule has 0 radical (unpaired) electrons. The molecule has 1 aromatic rings. The fourth-order valence-corrected chi connectivity index (χ4v) is 2.57. The molecule has 0 saturated heterocycles. The summed E-state index contributed by atoms with van der Waals surface area (Å²) < 4.78 is 0. The maximum Gasteiger partial charge on any atom is 0.0352 e. The second kappa shape index (κ2) is 4.36. The van der Waals surface area contributed by atoms with Crippen molar-refractivity contribution in [3.8, 4) is 0 Å². The summed E-state index contributed by atoms with van der Waals surface area (Å²) in [5.41, 5.74) is 4.46. The summed E-state index contributed by atoms with van der Waals surface area (Å²) in [7, 11) is 0. The Hall–Kier alpha value is -0.820. The van der Waals surface area contributed by atoms with Crippen LogP contribution in [0.15, 0.2) is 18.2 Å². The van der Waals surface area contributed by atoms with Gasteiger partial charge < -0.3 is 5.32 Å². The highest BCUT2D eigenvalue weighted by Gasteiger charge is 2.28. The van der Waals surface area contributed by atoms with Crippen molar-refractivity contribution in [2.24, 2.45) is 5.92 Å². The van der Waals surface area contributed by atoms with E-state index in [1.54, 1.807) is 5.56 Å². The van der Waals surface area contributed by atoms with Crippen molar-refractivity contribution in [1.82, 2.24) is 5.32 Å². The van der Waals surface area contributed by atoms with Crippen LogP contribution in [0.25, 0.3) is 0 Å². The molecule has 0 aliphatic heterocycles. The van der Waals surface area contributed by atoms with E-state index in [9.17, 15) is 0 Å². The van der Waals surface area contributed by atoms with Crippen LogP contribution in [-0.4, -0.2) is 6.54 Å². The van der Waals surface area contributed by atoms with Gasteiger partial charge in [0.2, 0.25) is 0 Å². The summed E-state index contributed by atoms with van der Waals surface area (Å²) in [6.07, 6.45) is 2.45. The van der Waals surface area contributed by atoms with Crippen LogP contribution < -0.4 is 5.32 Å². The van der Waals surface area contributed by atoms with Crippen LogP contribution >= 0.6 is 0 Å². The molecule has 0 saturated carbocycles. The number of rotatable bonds is 3. The number of nitrogens with one attached hydrogen (secondary N) is 1. The molecule has 82 valence electrons. The first-order valence-corrected chi connectivity index (χ1v) is 6.05. The highest BCUT2D eigenvalue weighted by Crippen LogP contribution is 2.36. The zero-order chi connectivity index (χ0) is 10.8. The number of hydrogen-bond acceptors (Lipinski definition) is 1. The lowest BCUT2D eigenvalue weighted by atomic mass is 10.0. The van der Waals surface area contributed by atoms with Crippen LogP contribution in [0.2, 0.25) is 0 Å². The van der Waals surface area contributed by atoms with Gasteiger partial charge in [0, 0.05) is 6.04 Å². The van der Waals surface area contributed by atoms with Gasteiger partial charge in [0.15, 0.2) is 0 Å². The second-order valence-corrected chi connectivity index (χ2v) is 4.82. The molecule has 0 fully saturated rings. The molecule has 0 bridgehead atoms. The molecule has 2 atom stereocenters. The van der Waals surface area contributed by atoms with Gasteiger partial charge in [-0.15, -0.1) is 0 Å². The standard InChI is InChI=1S/C14H21N/c1-4-7-15-14-11(3)9-12-6-5-10(2)8-13(12)14/h5-6,8,11,14-15H,4,7,9H2,1-3H3. The van der Waals surface area contributed by atoms with Crippen LogP contribution in [0.4, 0.5) is 0 Å². The molecule has 1 heteroatoms. The zero-order valence-corrected chi connectivity index (χ0v) is 10.0. The van der Waals surface area contributed by atoms with Gasteiger partial charge in [-0.05, 0) is 43.4 Å². The maximum atomic E-state index is 3.66. The fourth-order valence-electron chi connectivity index (χ4n) is 2.57. The van der Waals surface area contributed by atoms with E-state index in [-0.39, 0.29) is 0 Å². The molecule has 0 spiro atoms. The highest BCUT2D eigenvalue weighted by atomic mass is 14.9. The Morgan fingerprint density at radius 2 is 2.20 bits per heavy atom. The predicted molar refractivity (Wildman–Crippen MR) is 65.1 cm³/mol. The normalized spacial score (nSPS) is 24.2. The summed E-state index contributed by atoms with van der Waals surface area (Å²) in [5.74, 6) is 0.744. The lowest BCUT2D eigenvalue weighted by Gasteiger charge is -2.18. The van der Waals surface area contributed by atoms with E-state index in [1.807, 2.05) is 0 Å². The average molecular weight is 203 g/mol. The molecule has 1 nitrogen and oxygen atoms in total. The molecule has 0 aromatic heterocycles. The zero-order valence-electron chi connectivity index (χ0n) is 10.0. The molecule has 1 aliphatic rings. The van der Waals surface area contributed by atoms with Gasteiger partial charge in [-0.3, -0.25) is 0 Å². The van der Waals surface area contributed by atoms with E-state index >= 15 is 0 Å². The molecule has 2 rings (SSSR count). The first kappa shape index (κ1) is 10.7. The topological polar surface area (TPSA) is 12.0 Å². The summed E-state index contributed by atoms with van der Waals surface area (Å²) >= 11 is 0. The van der Waals surface area contributed by atoms with Gasteiger partial charge in [0.1, 0.15) is 0 Å². The van der Waals surface area contributed by atoms with Crippen LogP contribution in [-0.2, 0) is 6.42 Å². The van der Waals surface area contributed by atoms with Gasteiger partial charge in [0.25, 0.3) is 0 Å². The highest BCUT2D eigenvalue weighted by molar-refractivity contribution is 5.38. The Bertz CT molecular complexity index is 343. The van der Waals surface area contributed by atoms with Gasteiger partial charge in [-0.25, -0.2) is 0 Å². The third-order valence-corrected chi connectivity index (χ3v) is 3.36. The Labute approximate surface area is 92.9 Å². The number of hydrogen-bond donors (Lipinski definition) is 1. The van der Waals surface area contributed by atoms with Gasteiger partial charge in [0.05, 0.1) is 0 Å². The summed E-state index contributed by atoms with van der Waals surface area (Å²) in [6.45, 7) is 7.88. The number of fused-ring (bicyclic) bond motifs is 1. The maximum absolute atomic E-state index is 3.66. The van der Waals surface area contributed by atoms with Crippen LogP contribution in [0.5, 0.6) is 0 Å². The molecule has 0 amide bonds. The number of aryl methyl sites for hydroxylation is 1. The van der Waals surface area contributed by atoms with Crippen molar-refractivity contribution in [3.63, 3.8) is 0 Å². The van der Waals surface area contributed by atoms with E-state index in [4.69, 9.17) is 0 Å². The first-order valence-electron chi connectivity index (χ1n) is 6.05. The minimum atomic E-state index is 0.583. The van der Waals surface area contributed by atoms with E-state index in [0.717, 1.165) is 12.5 Å². The molecule has 1 N–H and O–H groups in total. The van der Waals surface area contributed by atoms with Crippen LogP contribution in [0.3, 0.4) is 0 Å². The van der Waals surface area contributed by atoms with Crippen molar-refractivity contribution < 1.29 is 0 Å². The van der Waals surface area contributed by atoms with E-state index in [2.05, 4.69) is 44.3 Å². The molecular formula is C14H21N. The third kappa shape index (κ3) is 2.07. The average Bonchev–Trinajstić information content (AvgIpc) is 2.51. The Balaban J connectivity index is 2.23. The smallest absolute Gasteiger partial charge is 0.0352 e. The lowest BCUT2D eigenvalue weighted by Crippen LogP contribution is -2.24. The lowest BCUT2D eigenvalue weighted by molar-refractivity contribution is 0.417. The fraction of sp³-hybridized carbons (Fsp3) is 0.571. The monoisotopic (exact) mass is 203 g/mol. The SMILES string of the molecule is CCCNC1c2cc(C)ccc2CC1C. The number of benzene rings is 1. The van der Waals surface area contributed by atoms with E-state index < -0.39 is 0 Å². The quantitative estimate of drug-likeness (QED) is 0.795. The molecule has 0 heterocycles. The van der Waals surface area contributed by atoms with Gasteiger partial charge >= 0.3 is 0 Å². The van der Waals surface area contributed by atoms with Gasteiger partial charge in [-0.2, -0.15) is 0 Å². The molecule has 2 unspecified atom stereocenters. The molecule has 15 heavy (non-hydrogen) atoms. The van der Waals surface area contributed by atoms with Crippen LogP contribution in [0.1, 0.15) is 43.0 Å².